The first-order valence-electron chi connectivity index (χ1n) is 9.88. The van der Waals surface area contributed by atoms with E-state index < -0.39 is 19.1 Å². The number of pyridine rings is 1. The summed E-state index contributed by atoms with van der Waals surface area (Å²) >= 11 is 0. The first kappa shape index (κ1) is 20.0. The van der Waals surface area contributed by atoms with Gasteiger partial charge in [0.1, 0.15) is 17.4 Å². The highest BCUT2D eigenvalue weighted by Crippen LogP contribution is 2.38. The maximum Gasteiger partial charge on any atom is 0.387 e. The molecule has 0 unspecified atom stereocenters. The Balaban J connectivity index is 1.59. The molecular formula is C19H20F4N6O2. The highest BCUT2D eigenvalue weighted by molar-refractivity contribution is 5.72. The largest absolute Gasteiger partial charge is 0.434 e. The molecule has 166 valence electrons. The molecule has 0 aromatic carbocycles. The van der Waals surface area contributed by atoms with E-state index in [1.807, 2.05) is 4.90 Å². The maximum absolute atomic E-state index is 13.8. The fraction of sp³-hybridized carbons (Fsp3) is 0.526. The zero-order valence-electron chi connectivity index (χ0n) is 16.3. The molecule has 3 aliphatic heterocycles. The second-order valence-corrected chi connectivity index (χ2v) is 7.92. The average Bonchev–Trinajstić information content (AvgIpc) is 3.43. The molecule has 3 fully saturated rings. The van der Waals surface area contributed by atoms with Crippen LogP contribution in [0.25, 0.3) is 11.3 Å². The van der Waals surface area contributed by atoms with Gasteiger partial charge in [0.2, 0.25) is 5.95 Å². The quantitative estimate of drug-likeness (QED) is 0.710. The topological polar surface area (TPSA) is 89.6 Å². The summed E-state index contributed by atoms with van der Waals surface area (Å²) < 4.78 is 63.8. The molecule has 0 saturated carbocycles. The molecule has 2 atom stereocenters. The highest BCUT2D eigenvalue weighted by atomic mass is 19.3. The number of nitrogens with two attached hydrogens (primary N) is 1. The third kappa shape index (κ3) is 3.91. The molecule has 31 heavy (non-hydrogen) atoms. The molecule has 0 amide bonds. The van der Waals surface area contributed by atoms with Gasteiger partial charge >= 0.3 is 6.61 Å². The first-order valence-corrected chi connectivity index (χ1v) is 9.88. The van der Waals surface area contributed by atoms with Crippen LogP contribution in [0.5, 0.6) is 5.75 Å². The van der Waals surface area contributed by atoms with Crippen LogP contribution < -0.4 is 20.3 Å². The Kier molecular flexibility index (Phi) is 4.76. The lowest BCUT2D eigenvalue weighted by Gasteiger charge is -2.29. The van der Waals surface area contributed by atoms with Crippen molar-refractivity contribution in [3.63, 3.8) is 0 Å². The number of halogens is 4. The Hall–Kier alpha value is -2.89. The molecule has 5 heterocycles. The van der Waals surface area contributed by atoms with Crippen LogP contribution in [0, 0.1) is 0 Å². The summed E-state index contributed by atoms with van der Waals surface area (Å²) in [5.74, 6) is -2.41. The molecule has 12 heteroatoms. The van der Waals surface area contributed by atoms with Crippen molar-refractivity contribution in [1.29, 1.82) is 0 Å². The number of hydrogen-bond acceptors (Lipinski definition) is 8. The van der Waals surface area contributed by atoms with Crippen LogP contribution in [0.4, 0.5) is 35.1 Å². The molecule has 2 aromatic heterocycles. The number of alkyl halides is 4. The maximum atomic E-state index is 13.8. The molecule has 8 nitrogen and oxygen atoms in total. The predicted molar refractivity (Wildman–Crippen MR) is 104 cm³/mol. The lowest BCUT2D eigenvalue weighted by molar-refractivity contribution is -0.0494. The molecular weight excluding hydrogens is 420 g/mol. The number of nitrogen functional groups attached to an aromatic ring is 1. The van der Waals surface area contributed by atoms with Crippen molar-refractivity contribution in [3.05, 3.63) is 18.3 Å². The monoisotopic (exact) mass is 440 g/mol. The summed E-state index contributed by atoms with van der Waals surface area (Å²) in [5.41, 5.74) is 6.04. The fourth-order valence-corrected chi connectivity index (χ4v) is 4.27. The van der Waals surface area contributed by atoms with Gasteiger partial charge in [-0.15, -0.1) is 0 Å². The second kappa shape index (κ2) is 7.36. The number of rotatable bonds is 5. The summed E-state index contributed by atoms with van der Waals surface area (Å²) in [5, 5.41) is 0. The minimum absolute atomic E-state index is 0.00193. The molecule has 0 spiro atoms. The van der Waals surface area contributed by atoms with Gasteiger partial charge in [-0.05, 0) is 6.42 Å². The number of ether oxygens (including phenoxy) is 2. The number of nitrogens with zero attached hydrogens (tertiary/aromatic N) is 5. The van der Waals surface area contributed by atoms with Gasteiger partial charge in [0.15, 0.2) is 0 Å². The van der Waals surface area contributed by atoms with Gasteiger partial charge in [-0.3, -0.25) is 0 Å². The van der Waals surface area contributed by atoms with E-state index in [0.29, 0.717) is 19.0 Å². The van der Waals surface area contributed by atoms with Crippen LogP contribution in [0.1, 0.15) is 12.8 Å². The van der Waals surface area contributed by atoms with E-state index in [-0.39, 0.29) is 53.9 Å². The van der Waals surface area contributed by atoms with Crippen molar-refractivity contribution in [2.45, 2.75) is 37.5 Å². The van der Waals surface area contributed by atoms with Crippen LogP contribution >= 0.6 is 0 Å². The van der Waals surface area contributed by atoms with Crippen molar-refractivity contribution in [2.24, 2.45) is 0 Å². The number of anilines is 3. The molecule has 0 aliphatic carbocycles. The van der Waals surface area contributed by atoms with E-state index >= 15 is 0 Å². The van der Waals surface area contributed by atoms with Crippen molar-refractivity contribution >= 4 is 17.6 Å². The number of fused-ring (bicyclic) bond motifs is 2. The van der Waals surface area contributed by atoms with Crippen LogP contribution in [-0.2, 0) is 4.74 Å². The second-order valence-electron chi connectivity index (χ2n) is 7.92. The summed E-state index contributed by atoms with van der Waals surface area (Å²) in [6.45, 7) is -2.34. The molecule has 5 rings (SSSR count). The lowest BCUT2D eigenvalue weighted by atomic mass is 10.1. The van der Waals surface area contributed by atoms with E-state index in [1.165, 1.54) is 17.2 Å². The van der Waals surface area contributed by atoms with Crippen molar-refractivity contribution in [2.75, 3.05) is 41.8 Å². The molecule has 3 aliphatic rings. The highest BCUT2D eigenvalue weighted by Gasteiger charge is 2.42. The van der Waals surface area contributed by atoms with Gasteiger partial charge in [0, 0.05) is 37.8 Å². The summed E-state index contributed by atoms with van der Waals surface area (Å²) in [6, 6.07) is 2.92. The number of aromatic nitrogens is 3. The minimum atomic E-state index is -3.08. The lowest BCUT2D eigenvalue weighted by Crippen LogP contribution is -2.38. The van der Waals surface area contributed by atoms with Crippen molar-refractivity contribution in [3.8, 4) is 17.0 Å². The van der Waals surface area contributed by atoms with Crippen molar-refractivity contribution < 1.29 is 27.0 Å². The number of morpholine rings is 1. The van der Waals surface area contributed by atoms with E-state index in [1.54, 1.807) is 6.07 Å². The third-order valence-electron chi connectivity index (χ3n) is 5.73. The summed E-state index contributed by atoms with van der Waals surface area (Å²) in [6.07, 6.45) is 1.90. The SMILES string of the molecule is Nc1cc(OC(F)F)c(-c2cc(N3C[C@H]4C[C@@H]3CO4)nc(N3CCC(F)(F)C3)n2)cn1. The smallest absolute Gasteiger partial charge is 0.387 e. The zero-order chi connectivity index (χ0) is 21.8. The Morgan fingerprint density at radius 1 is 1.26 bits per heavy atom. The van der Waals surface area contributed by atoms with E-state index in [0.717, 1.165) is 6.42 Å². The Bertz CT molecular complexity index is 994. The standard InChI is InChI=1S/C19H20F4N6O2/c20-17(21)31-14-5-15(24)25-6-12(14)13-4-16(29-7-11-3-10(29)8-30-11)27-18(26-13)28-2-1-19(22,23)9-28/h4-6,10-11,17H,1-3,7-9H2,(H2,24,25)/t10-,11-/m1/s1. The molecule has 3 saturated heterocycles. The minimum Gasteiger partial charge on any atom is -0.434 e. The Morgan fingerprint density at radius 2 is 2.10 bits per heavy atom. The zero-order valence-corrected chi connectivity index (χ0v) is 16.3. The van der Waals surface area contributed by atoms with Gasteiger partial charge in [0.05, 0.1) is 36.6 Å². The van der Waals surface area contributed by atoms with E-state index in [4.69, 9.17) is 10.5 Å². The normalized spacial score (nSPS) is 24.4. The van der Waals surface area contributed by atoms with Gasteiger partial charge < -0.3 is 25.0 Å². The Morgan fingerprint density at radius 3 is 2.74 bits per heavy atom. The van der Waals surface area contributed by atoms with Crippen LogP contribution in [-0.4, -0.2) is 65.9 Å². The number of hydrogen-bond donors (Lipinski definition) is 1. The predicted octanol–water partition coefficient (Wildman–Crippen LogP) is 2.55. The van der Waals surface area contributed by atoms with E-state index in [9.17, 15) is 17.6 Å². The van der Waals surface area contributed by atoms with Gasteiger partial charge in [0.25, 0.3) is 5.92 Å². The third-order valence-corrected chi connectivity index (χ3v) is 5.73. The van der Waals surface area contributed by atoms with Crippen LogP contribution in [0.3, 0.4) is 0 Å². The first-order chi connectivity index (χ1) is 14.8. The van der Waals surface area contributed by atoms with E-state index in [2.05, 4.69) is 19.7 Å². The van der Waals surface area contributed by atoms with Gasteiger partial charge in [-0.2, -0.15) is 13.8 Å². The van der Waals surface area contributed by atoms with Gasteiger partial charge in [-0.25, -0.2) is 18.7 Å². The summed E-state index contributed by atoms with van der Waals surface area (Å²) in [4.78, 5) is 16.3. The molecule has 2 bridgehead atoms. The fourth-order valence-electron chi connectivity index (χ4n) is 4.27. The average molecular weight is 440 g/mol. The van der Waals surface area contributed by atoms with Gasteiger partial charge in [-0.1, -0.05) is 0 Å². The molecule has 2 N–H and O–H groups in total. The van der Waals surface area contributed by atoms with Crippen LogP contribution in [0.15, 0.2) is 18.3 Å². The Labute approximate surface area is 175 Å². The molecule has 2 aromatic rings. The molecule has 0 radical (unpaired) electrons. The van der Waals surface area contributed by atoms with Crippen LogP contribution in [0.2, 0.25) is 0 Å². The van der Waals surface area contributed by atoms with Crippen molar-refractivity contribution in [1.82, 2.24) is 15.0 Å². The summed E-state index contributed by atoms with van der Waals surface area (Å²) in [7, 11) is 0.